The van der Waals surface area contributed by atoms with Crippen molar-refractivity contribution in [2.24, 2.45) is 0 Å². The van der Waals surface area contributed by atoms with E-state index in [0.717, 1.165) is 37.9 Å². The van der Waals surface area contributed by atoms with Gasteiger partial charge in [-0.3, -0.25) is 9.59 Å². The summed E-state index contributed by atoms with van der Waals surface area (Å²) in [5, 5.41) is 2.68. The van der Waals surface area contributed by atoms with Crippen LogP contribution in [-0.2, 0) is 27.3 Å². The highest BCUT2D eigenvalue weighted by molar-refractivity contribution is 6.35. The van der Waals surface area contributed by atoms with Crippen LogP contribution in [0.4, 0.5) is 0 Å². The summed E-state index contributed by atoms with van der Waals surface area (Å²) in [5.74, 6) is -0.954. The van der Waals surface area contributed by atoms with E-state index in [0.29, 0.717) is 26.2 Å². The Bertz CT molecular complexity index is 531. The first-order valence-corrected chi connectivity index (χ1v) is 8.44. The molecule has 0 bridgehead atoms. The molecular formula is C18H26N2O3. The lowest BCUT2D eigenvalue weighted by Crippen LogP contribution is -2.45. The van der Waals surface area contributed by atoms with Crippen LogP contribution in [0.5, 0.6) is 0 Å². The Hall–Kier alpha value is -1.88. The van der Waals surface area contributed by atoms with Crippen molar-refractivity contribution >= 4 is 11.8 Å². The number of unbranched alkanes of at least 4 members (excludes halogenated alkanes) is 1. The Balaban J connectivity index is 1.68. The van der Waals surface area contributed by atoms with Gasteiger partial charge in [0.05, 0.1) is 0 Å². The number of ether oxygens (including phenoxy) is 1. The highest BCUT2D eigenvalue weighted by atomic mass is 16.5. The van der Waals surface area contributed by atoms with Gasteiger partial charge in [0, 0.05) is 32.8 Å². The second kappa shape index (κ2) is 9.30. The molecule has 1 aromatic carbocycles. The van der Waals surface area contributed by atoms with E-state index in [1.807, 2.05) is 18.2 Å². The number of amides is 2. The zero-order valence-corrected chi connectivity index (χ0v) is 13.8. The van der Waals surface area contributed by atoms with Gasteiger partial charge in [-0.1, -0.05) is 37.6 Å². The summed E-state index contributed by atoms with van der Waals surface area (Å²) >= 11 is 0. The third-order valence-electron chi connectivity index (χ3n) is 4.01. The first-order valence-electron chi connectivity index (χ1n) is 8.44. The van der Waals surface area contributed by atoms with Crippen molar-refractivity contribution < 1.29 is 14.3 Å². The maximum Gasteiger partial charge on any atom is 0.312 e. The molecular weight excluding hydrogens is 292 g/mol. The van der Waals surface area contributed by atoms with E-state index in [2.05, 4.69) is 18.3 Å². The number of carbonyl (C=O) groups excluding carboxylic acids is 2. The fourth-order valence-corrected chi connectivity index (χ4v) is 2.61. The standard InChI is InChI=1S/C18H26N2O3/c1-2-3-12-23-13-6-10-19-17(21)18(22)20-11-9-15-7-4-5-8-16(15)14-20/h4-5,7-8H,2-3,6,9-14H2,1H3,(H,19,21). The summed E-state index contributed by atoms with van der Waals surface area (Å²) in [6.45, 7) is 5.09. The molecule has 0 aromatic heterocycles. The van der Waals surface area contributed by atoms with Crippen LogP contribution in [0.25, 0.3) is 0 Å². The van der Waals surface area contributed by atoms with Crippen LogP contribution >= 0.6 is 0 Å². The van der Waals surface area contributed by atoms with Crippen LogP contribution in [0.2, 0.25) is 0 Å². The van der Waals surface area contributed by atoms with Gasteiger partial charge in [-0.05, 0) is 30.4 Å². The Morgan fingerprint density at radius 1 is 1.17 bits per heavy atom. The molecule has 0 unspecified atom stereocenters. The lowest BCUT2D eigenvalue weighted by molar-refractivity contribution is -0.146. The predicted molar refractivity (Wildman–Crippen MR) is 88.9 cm³/mol. The normalized spacial score (nSPS) is 13.5. The van der Waals surface area contributed by atoms with Crippen molar-refractivity contribution in [1.82, 2.24) is 10.2 Å². The largest absolute Gasteiger partial charge is 0.381 e. The Labute approximate surface area is 138 Å². The molecule has 0 fully saturated rings. The monoisotopic (exact) mass is 318 g/mol. The molecule has 5 nitrogen and oxygen atoms in total. The van der Waals surface area contributed by atoms with Gasteiger partial charge in [0.2, 0.25) is 0 Å². The molecule has 1 aliphatic rings. The molecule has 126 valence electrons. The fourth-order valence-electron chi connectivity index (χ4n) is 2.61. The summed E-state index contributed by atoms with van der Waals surface area (Å²) in [6.07, 6.45) is 3.71. The zero-order chi connectivity index (χ0) is 16.5. The van der Waals surface area contributed by atoms with Gasteiger partial charge in [-0.2, -0.15) is 0 Å². The van der Waals surface area contributed by atoms with Gasteiger partial charge in [-0.25, -0.2) is 0 Å². The van der Waals surface area contributed by atoms with Crippen LogP contribution in [0.1, 0.15) is 37.3 Å². The Morgan fingerprint density at radius 2 is 1.91 bits per heavy atom. The first kappa shape index (κ1) is 17.5. The minimum absolute atomic E-state index is 0.439. The van der Waals surface area contributed by atoms with Gasteiger partial charge >= 0.3 is 11.8 Å². The van der Waals surface area contributed by atoms with Crippen LogP contribution < -0.4 is 5.32 Å². The summed E-state index contributed by atoms with van der Waals surface area (Å²) in [6, 6.07) is 8.06. The quantitative estimate of drug-likeness (QED) is 0.617. The van der Waals surface area contributed by atoms with Crippen molar-refractivity contribution in [3.8, 4) is 0 Å². The van der Waals surface area contributed by atoms with Crippen LogP contribution in [-0.4, -0.2) is 43.0 Å². The minimum Gasteiger partial charge on any atom is -0.381 e. The van der Waals surface area contributed by atoms with Gasteiger partial charge in [0.25, 0.3) is 0 Å². The fraction of sp³-hybridized carbons (Fsp3) is 0.556. The average Bonchev–Trinajstić information content (AvgIpc) is 2.59. The number of nitrogens with one attached hydrogen (secondary N) is 1. The number of fused-ring (bicyclic) bond motifs is 1. The smallest absolute Gasteiger partial charge is 0.312 e. The van der Waals surface area contributed by atoms with Gasteiger partial charge in [-0.15, -0.1) is 0 Å². The number of hydrogen-bond acceptors (Lipinski definition) is 3. The number of hydrogen-bond donors (Lipinski definition) is 1. The summed E-state index contributed by atoms with van der Waals surface area (Å²) in [5.41, 5.74) is 2.39. The first-order chi connectivity index (χ1) is 11.2. The number of benzene rings is 1. The Morgan fingerprint density at radius 3 is 2.70 bits per heavy atom. The molecule has 2 amide bonds. The summed E-state index contributed by atoms with van der Waals surface area (Å²) in [7, 11) is 0. The molecule has 0 atom stereocenters. The van der Waals surface area contributed by atoms with Gasteiger partial charge < -0.3 is 15.0 Å². The van der Waals surface area contributed by atoms with Gasteiger partial charge in [0.15, 0.2) is 0 Å². The molecule has 5 heteroatoms. The lowest BCUT2D eigenvalue weighted by atomic mass is 10.00. The van der Waals surface area contributed by atoms with E-state index < -0.39 is 11.8 Å². The zero-order valence-electron chi connectivity index (χ0n) is 13.8. The molecule has 23 heavy (non-hydrogen) atoms. The maximum atomic E-state index is 12.2. The second-order valence-corrected chi connectivity index (χ2v) is 5.82. The average molecular weight is 318 g/mol. The number of nitrogens with zero attached hydrogens (tertiary/aromatic N) is 1. The van der Waals surface area contributed by atoms with Gasteiger partial charge in [0.1, 0.15) is 0 Å². The molecule has 1 aliphatic heterocycles. The third kappa shape index (κ3) is 5.36. The molecule has 0 radical (unpaired) electrons. The SMILES string of the molecule is CCCCOCCCNC(=O)C(=O)N1CCc2ccccc2C1. The molecule has 2 rings (SSSR count). The second-order valence-electron chi connectivity index (χ2n) is 5.82. The van der Waals surface area contributed by atoms with E-state index in [1.54, 1.807) is 4.90 Å². The van der Waals surface area contributed by atoms with Crippen molar-refractivity contribution in [1.29, 1.82) is 0 Å². The third-order valence-corrected chi connectivity index (χ3v) is 4.01. The van der Waals surface area contributed by atoms with E-state index in [1.165, 1.54) is 5.56 Å². The number of rotatable bonds is 7. The van der Waals surface area contributed by atoms with Crippen LogP contribution in [0.15, 0.2) is 24.3 Å². The maximum absolute atomic E-state index is 12.2. The van der Waals surface area contributed by atoms with Crippen molar-refractivity contribution in [2.45, 2.75) is 39.2 Å². The van der Waals surface area contributed by atoms with E-state index in [-0.39, 0.29) is 0 Å². The van der Waals surface area contributed by atoms with E-state index in [4.69, 9.17) is 4.74 Å². The summed E-state index contributed by atoms with van der Waals surface area (Å²) < 4.78 is 5.43. The van der Waals surface area contributed by atoms with Crippen LogP contribution in [0, 0.1) is 0 Å². The minimum atomic E-state index is -0.516. The highest BCUT2D eigenvalue weighted by Gasteiger charge is 2.25. The van der Waals surface area contributed by atoms with Crippen molar-refractivity contribution in [3.05, 3.63) is 35.4 Å². The molecule has 1 aromatic rings. The van der Waals surface area contributed by atoms with Crippen molar-refractivity contribution in [2.75, 3.05) is 26.3 Å². The highest BCUT2D eigenvalue weighted by Crippen LogP contribution is 2.18. The van der Waals surface area contributed by atoms with E-state index in [9.17, 15) is 9.59 Å². The molecule has 0 spiro atoms. The number of carbonyl (C=O) groups is 2. The summed E-state index contributed by atoms with van der Waals surface area (Å²) in [4.78, 5) is 25.8. The molecule has 0 saturated heterocycles. The Kier molecular flexibility index (Phi) is 7.07. The molecule has 1 N–H and O–H groups in total. The topological polar surface area (TPSA) is 58.6 Å². The molecule has 1 heterocycles. The lowest BCUT2D eigenvalue weighted by Gasteiger charge is -2.28. The predicted octanol–water partition coefficient (Wildman–Crippen LogP) is 1.89. The molecule has 0 saturated carbocycles. The van der Waals surface area contributed by atoms with Crippen LogP contribution in [0.3, 0.4) is 0 Å². The van der Waals surface area contributed by atoms with Crippen molar-refractivity contribution in [3.63, 3.8) is 0 Å². The van der Waals surface area contributed by atoms with E-state index >= 15 is 0 Å². The molecule has 0 aliphatic carbocycles.